The highest BCUT2D eigenvalue weighted by molar-refractivity contribution is 6.01. The molecule has 1 aromatic rings. The number of piperazine rings is 1. The van der Waals surface area contributed by atoms with E-state index in [1.807, 2.05) is 42.7 Å². The van der Waals surface area contributed by atoms with E-state index in [1.54, 1.807) is 4.90 Å². The van der Waals surface area contributed by atoms with Crippen LogP contribution in [0.5, 0.6) is 0 Å². The minimum atomic E-state index is -0.529. The van der Waals surface area contributed by atoms with Crippen LogP contribution >= 0.6 is 0 Å². The van der Waals surface area contributed by atoms with Crippen molar-refractivity contribution in [2.24, 2.45) is 0 Å². The number of anilines is 1. The van der Waals surface area contributed by atoms with E-state index in [2.05, 4.69) is 22.8 Å². The molecule has 0 spiro atoms. The first-order valence-corrected chi connectivity index (χ1v) is 12.8. The minimum Gasteiger partial charge on any atom is -0.444 e. The number of likely N-dealkylation sites (tertiary alicyclic amines) is 1. The van der Waals surface area contributed by atoms with E-state index >= 15 is 0 Å². The zero-order chi connectivity index (χ0) is 25.9. The van der Waals surface area contributed by atoms with E-state index in [1.165, 1.54) is 5.56 Å². The Labute approximate surface area is 212 Å². The van der Waals surface area contributed by atoms with Gasteiger partial charge in [0.25, 0.3) is 0 Å². The van der Waals surface area contributed by atoms with E-state index in [0.29, 0.717) is 58.0 Å². The number of amides is 5. The van der Waals surface area contributed by atoms with Crippen LogP contribution in [-0.2, 0) is 14.3 Å². The van der Waals surface area contributed by atoms with Crippen molar-refractivity contribution >= 4 is 29.6 Å². The van der Waals surface area contributed by atoms with Gasteiger partial charge >= 0.3 is 12.1 Å². The highest BCUT2D eigenvalue weighted by Crippen LogP contribution is 2.30. The van der Waals surface area contributed by atoms with Crippen LogP contribution in [0.3, 0.4) is 0 Å². The zero-order valence-electron chi connectivity index (χ0n) is 21.4. The van der Waals surface area contributed by atoms with Crippen molar-refractivity contribution in [3.63, 3.8) is 0 Å². The van der Waals surface area contributed by atoms with E-state index in [4.69, 9.17) is 4.74 Å². The Morgan fingerprint density at radius 2 is 1.47 bits per heavy atom. The number of carbonyl (C=O) groups is 4. The van der Waals surface area contributed by atoms with Gasteiger partial charge in [0.15, 0.2) is 0 Å². The van der Waals surface area contributed by atoms with E-state index in [0.717, 1.165) is 18.5 Å². The molecule has 1 atom stereocenters. The van der Waals surface area contributed by atoms with Crippen LogP contribution in [0.2, 0.25) is 0 Å². The summed E-state index contributed by atoms with van der Waals surface area (Å²) in [6.45, 7) is 8.94. The summed E-state index contributed by atoms with van der Waals surface area (Å²) in [7, 11) is 0. The van der Waals surface area contributed by atoms with Crippen LogP contribution in [0, 0.1) is 0 Å². The first-order valence-electron chi connectivity index (χ1n) is 12.8. The summed E-state index contributed by atoms with van der Waals surface area (Å²) < 4.78 is 5.44. The van der Waals surface area contributed by atoms with E-state index in [9.17, 15) is 19.2 Å². The number of hydrogen-bond acceptors (Lipinski definition) is 6. The Kier molecular flexibility index (Phi) is 7.70. The third kappa shape index (κ3) is 6.47. The van der Waals surface area contributed by atoms with Crippen LogP contribution in [0.15, 0.2) is 24.3 Å². The summed E-state index contributed by atoms with van der Waals surface area (Å²) in [6.07, 6.45) is 2.30. The van der Waals surface area contributed by atoms with Crippen molar-refractivity contribution in [1.29, 1.82) is 0 Å². The number of nitrogens with one attached hydrogen (secondary N) is 2. The Morgan fingerprint density at radius 1 is 0.889 bits per heavy atom. The number of rotatable bonds is 3. The van der Waals surface area contributed by atoms with Crippen molar-refractivity contribution in [2.45, 2.75) is 64.0 Å². The normalized spacial score (nSPS) is 21.8. The predicted molar refractivity (Wildman–Crippen MR) is 135 cm³/mol. The van der Waals surface area contributed by atoms with Crippen LogP contribution in [-0.4, -0.2) is 89.5 Å². The lowest BCUT2D eigenvalue weighted by atomic mass is 9.89. The van der Waals surface area contributed by atoms with Gasteiger partial charge in [-0.2, -0.15) is 0 Å². The first kappa shape index (κ1) is 25.8. The summed E-state index contributed by atoms with van der Waals surface area (Å²) in [5.41, 5.74) is 1.55. The van der Waals surface area contributed by atoms with Gasteiger partial charge in [-0.25, -0.2) is 9.59 Å². The average molecular weight is 500 g/mol. The molecule has 10 nitrogen and oxygen atoms in total. The smallest absolute Gasteiger partial charge is 0.410 e. The third-order valence-electron chi connectivity index (χ3n) is 6.93. The average Bonchev–Trinajstić information content (AvgIpc) is 2.85. The number of urea groups is 1. The van der Waals surface area contributed by atoms with Crippen LogP contribution in [0.4, 0.5) is 15.3 Å². The van der Waals surface area contributed by atoms with E-state index in [-0.39, 0.29) is 23.9 Å². The van der Waals surface area contributed by atoms with Gasteiger partial charge in [0.2, 0.25) is 11.8 Å². The quantitative estimate of drug-likeness (QED) is 0.619. The molecule has 3 saturated heterocycles. The number of imide groups is 1. The monoisotopic (exact) mass is 499 g/mol. The maximum atomic E-state index is 13.0. The summed E-state index contributed by atoms with van der Waals surface area (Å²) in [5.74, 6) is -0.123. The van der Waals surface area contributed by atoms with Crippen molar-refractivity contribution in [2.75, 3.05) is 44.6 Å². The molecule has 1 aromatic carbocycles. The number of carbonyl (C=O) groups excluding carboxylic acids is 4. The molecule has 1 unspecified atom stereocenters. The molecule has 0 aliphatic carbocycles. The number of nitrogens with zero attached hydrogens (tertiary/aromatic N) is 3. The molecule has 0 aromatic heterocycles. The summed E-state index contributed by atoms with van der Waals surface area (Å²) in [4.78, 5) is 54.0. The van der Waals surface area contributed by atoms with Crippen molar-refractivity contribution in [3.8, 4) is 0 Å². The molecule has 196 valence electrons. The summed E-state index contributed by atoms with van der Waals surface area (Å²) in [6, 6.07) is 7.75. The number of piperidine rings is 2. The Hall–Kier alpha value is -3.30. The van der Waals surface area contributed by atoms with Gasteiger partial charge in [-0.1, -0.05) is 12.1 Å². The van der Waals surface area contributed by atoms with Gasteiger partial charge in [0.1, 0.15) is 11.6 Å². The number of benzene rings is 1. The molecule has 5 amide bonds. The lowest BCUT2D eigenvalue weighted by molar-refractivity contribution is -0.133. The van der Waals surface area contributed by atoms with Gasteiger partial charge < -0.3 is 24.8 Å². The van der Waals surface area contributed by atoms with Gasteiger partial charge in [-0.05, 0) is 63.6 Å². The lowest BCUT2D eigenvalue weighted by Gasteiger charge is -2.40. The highest BCUT2D eigenvalue weighted by atomic mass is 16.6. The highest BCUT2D eigenvalue weighted by Gasteiger charge is 2.32. The topological polar surface area (TPSA) is 111 Å². The van der Waals surface area contributed by atoms with Gasteiger partial charge in [-0.3, -0.25) is 14.9 Å². The SMILES string of the molecule is CC(C)(C)OC(=O)N1CCN(C(=O)N2CCC(c3ccc(NC4CCC(=O)NC4=O)cc3)CC2)CC1. The lowest BCUT2D eigenvalue weighted by Crippen LogP contribution is -2.55. The molecule has 3 aliphatic rings. The Bertz CT molecular complexity index is 973. The van der Waals surface area contributed by atoms with Crippen molar-refractivity contribution in [3.05, 3.63) is 29.8 Å². The van der Waals surface area contributed by atoms with Gasteiger partial charge in [0, 0.05) is 51.4 Å². The summed E-state index contributed by atoms with van der Waals surface area (Å²) in [5, 5.41) is 5.57. The fraction of sp³-hybridized carbons (Fsp3) is 0.615. The predicted octanol–water partition coefficient (Wildman–Crippen LogP) is 2.76. The minimum absolute atomic E-state index is 0.0427. The Morgan fingerprint density at radius 3 is 2.06 bits per heavy atom. The molecule has 3 heterocycles. The fourth-order valence-corrected chi connectivity index (χ4v) is 4.89. The van der Waals surface area contributed by atoms with Crippen LogP contribution < -0.4 is 10.6 Å². The molecule has 3 aliphatic heterocycles. The molecule has 0 bridgehead atoms. The molecular weight excluding hydrogens is 462 g/mol. The Balaban J connectivity index is 1.22. The molecule has 36 heavy (non-hydrogen) atoms. The zero-order valence-corrected chi connectivity index (χ0v) is 21.4. The molecule has 3 fully saturated rings. The number of ether oxygens (including phenoxy) is 1. The second-order valence-corrected chi connectivity index (χ2v) is 10.8. The van der Waals surface area contributed by atoms with Crippen molar-refractivity contribution in [1.82, 2.24) is 20.0 Å². The second kappa shape index (κ2) is 10.8. The molecule has 0 radical (unpaired) electrons. The molecular formula is C26H37N5O5. The largest absolute Gasteiger partial charge is 0.444 e. The fourth-order valence-electron chi connectivity index (χ4n) is 4.89. The van der Waals surface area contributed by atoms with Crippen LogP contribution in [0.1, 0.15) is 57.9 Å². The molecule has 10 heteroatoms. The molecule has 0 saturated carbocycles. The van der Waals surface area contributed by atoms with Gasteiger partial charge in [-0.15, -0.1) is 0 Å². The molecule has 2 N–H and O–H groups in total. The third-order valence-corrected chi connectivity index (χ3v) is 6.93. The van der Waals surface area contributed by atoms with Crippen LogP contribution in [0.25, 0.3) is 0 Å². The van der Waals surface area contributed by atoms with Gasteiger partial charge in [0.05, 0.1) is 0 Å². The van der Waals surface area contributed by atoms with E-state index < -0.39 is 11.6 Å². The second-order valence-electron chi connectivity index (χ2n) is 10.8. The van der Waals surface area contributed by atoms with Crippen molar-refractivity contribution < 1.29 is 23.9 Å². The maximum absolute atomic E-state index is 13.0. The standard InChI is InChI=1S/C26H37N5O5/c1-26(2,3)36-25(35)31-16-14-30(15-17-31)24(34)29-12-10-19(11-13-29)18-4-6-20(7-5-18)27-21-8-9-22(32)28-23(21)33/h4-7,19,21,27H,8-17H2,1-3H3,(H,28,32,33). The molecule has 4 rings (SSSR count). The number of hydrogen-bond donors (Lipinski definition) is 2. The first-order chi connectivity index (χ1) is 17.1. The maximum Gasteiger partial charge on any atom is 0.410 e. The summed E-state index contributed by atoms with van der Waals surface area (Å²) >= 11 is 0.